The first kappa shape index (κ1) is 6.61. The molecule has 0 aliphatic carbocycles. The molecule has 0 amide bonds. The number of fused-ring (bicyclic) bond motifs is 1. The standard InChI is InChI=1S/C8H7NOS/c1-10-8-4-6-5-9-3-2-7(6)11-8/h2-5H,1H3. The molecular weight excluding hydrogens is 158 g/mol. The summed E-state index contributed by atoms with van der Waals surface area (Å²) >= 11 is 1.64. The minimum absolute atomic E-state index is 0.938. The molecule has 0 aromatic carbocycles. The Morgan fingerprint density at radius 2 is 2.45 bits per heavy atom. The molecule has 0 radical (unpaired) electrons. The van der Waals surface area contributed by atoms with Gasteiger partial charge in [0.05, 0.1) is 7.11 Å². The molecule has 0 bridgehead atoms. The van der Waals surface area contributed by atoms with E-state index in [4.69, 9.17) is 4.74 Å². The van der Waals surface area contributed by atoms with Gasteiger partial charge in [0.25, 0.3) is 0 Å². The van der Waals surface area contributed by atoms with Crippen molar-refractivity contribution in [1.29, 1.82) is 0 Å². The van der Waals surface area contributed by atoms with E-state index in [1.54, 1.807) is 24.6 Å². The smallest absolute Gasteiger partial charge is 0.174 e. The van der Waals surface area contributed by atoms with E-state index >= 15 is 0 Å². The Kier molecular flexibility index (Phi) is 1.51. The van der Waals surface area contributed by atoms with Crippen LogP contribution >= 0.6 is 11.3 Å². The van der Waals surface area contributed by atoms with E-state index in [0.29, 0.717) is 0 Å². The number of hydrogen-bond acceptors (Lipinski definition) is 3. The van der Waals surface area contributed by atoms with Gasteiger partial charge in [-0.25, -0.2) is 0 Å². The summed E-state index contributed by atoms with van der Waals surface area (Å²) in [6.45, 7) is 0. The number of methoxy groups -OCH3 is 1. The highest BCUT2D eigenvalue weighted by atomic mass is 32.1. The molecule has 3 heteroatoms. The van der Waals surface area contributed by atoms with Crippen LogP contribution in [0.15, 0.2) is 24.5 Å². The zero-order valence-corrected chi connectivity index (χ0v) is 6.89. The van der Waals surface area contributed by atoms with Crippen molar-refractivity contribution in [3.63, 3.8) is 0 Å². The molecule has 2 aromatic rings. The van der Waals surface area contributed by atoms with Gasteiger partial charge in [-0.15, -0.1) is 0 Å². The van der Waals surface area contributed by atoms with E-state index in [9.17, 15) is 0 Å². The third-order valence-electron chi connectivity index (χ3n) is 1.50. The lowest BCUT2D eigenvalue weighted by Gasteiger charge is -1.86. The number of rotatable bonds is 1. The molecule has 0 N–H and O–H groups in total. The predicted molar refractivity (Wildman–Crippen MR) is 46.2 cm³/mol. The molecule has 0 aliphatic rings. The summed E-state index contributed by atoms with van der Waals surface area (Å²) in [6, 6.07) is 3.98. The van der Waals surface area contributed by atoms with E-state index in [2.05, 4.69) is 4.98 Å². The Morgan fingerprint density at radius 1 is 1.55 bits per heavy atom. The number of thiophene rings is 1. The summed E-state index contributed by atoms with van der Waals surface area (Å²) in [7, 11) is 1.68. The van der Waals surface area contributed by atoms with Gasteiger partial charge >= 0.3 is 0 Å². The first-order valence-electron chi connectivity index (χ1n) is 3.28. The molecule has 0 aliphatic heterocycles. The van der Waals surface area contributed by atoms with E-state index < -0.39 is 0 Å². The van der Waals surface area contributed by atoms with Crippen LogP contribution in [-0.2, 0) is 0 Å². The monoisotopic (exact) mass is 165 g/mol. The Hall–Kier alpha value is -1.09. The molecule has 0 fully saturated rings. The molecule has 56 valence electrons. The molecule has 0 saturated heterocycles. The fraction of sp³-hybridized carbons (Fsp3) is 0.125. The molecule has 0 unspecified atom stereocenters. The number of ether oxygens (including phenoxy) is 1. The lowest BCUT2D eigenvalue weighted by atomic mass is 10.3. The van der Waals surface area contributed by atoms with Crippen molar-refractivity contribution in [2.24, 2.45) is 0 Å². The summed E-state index contributed by atoms with van der Waals surface area (Å²) in [5.41, 5.74) is 0. The SMILES string of the molecule is COc1cc2cnccc2s1. The van der Waals surface area contributed by atoms with Crippen LogP contribution in [0.2, 0.25) is 0 Å². The number of nitrogens with zero attached hydrogens (tertiary/aromatic N) is 1. The Morgan fingerprint density at radius 3 is 3.18 bits per heavy atom. The van der Waals surface area contributed by atoms with E-state index in [-0.39, 0.29) is 0 Å². The quantitative estimate of drug-likeness (QED) is 0.646. The summed E-state index contributed by atoms with van der Waals surface area (Å²) in [6.07, 6.45) is 3.63. The second-order valence-corrected chi connectivity index (χ2v) is 3.23. The zero-order chi connectivity index (χ0) is 7.68. The Balaban J connectivity index is 2.69. The number of hydrogen-bond donors (Lipinski definition) is 0. The third kappa shape index (κ3) is 1.07. The first-order valence-corrected chi connectivity index (χ1v) is 4.09. The number of aromatic nitrogens is 1. The second kappa shape index (κ2) is 2.51. The van der Waals surface area contributed by atoms with E-state index in [1.165, 1.54) is 4.70 Å². The van der Waals surface area contributed by atoms with Crippen LogP contribution in [0.3, 0.4) is 0 Å². The van der Waals surface area contributed by atoms with E-state index in [0.717, 1.165) is 10.4 Å². The zero-order valence-electron chi connectivity index (χ0n) is 6.07. The fourth-order valence-corrected chi connectivity index (χ4v) is 1.81. The minimum Gasteiger partial charge on any atom is -0.487 e. The highest BCUT2D eigenvalue weighted by Gasteiger charge is 1.98. The van der Waals surface area contributed by atoms with Gasteiger partial charge in [0.2, 0.25) is 0 Å². The topological polar surface area (TPSA) is 22.1 Å². The van der Waals surface area contributed by atoms with Crippen LogP contribution in [0, 0.1) is 0 Å². The van der Waals surface area contributed by atoms with Gasteiger partial charge in [-0.05, 0) is 6.07 Å². The summed E-state index contributed by atoms with van der Waals surface area (Å²) in [4.78, 5) is 4.01. The molecule has 2 nitrogen and oxygen atoms in total. The summed E-state index contributed by atoms with van der Waals surface area (Å²) in [5.74, 6) is 0. The van der Waals surface area contributed by atoms with Gasteiger partial charge in [0, 0.05) is 28.5 Å². The van der Waals surface area contributed by atoms with Crippen LogP contribution in [0.4, 0.5) is 0 Å². The van der Waals surface area contributed by atoms with Gasteiger partial charge in [-0.1, -0.05) is 11.3 Å². The third-order valence-corrected chi connectivity index (χ3v) is 2.57. The molecule has 2 aromatic heterocycles. The highest BCUT2D eigenvalue weighted by molar-refractivity contribution is 7.20. The average molecular weight is 165 g/mol. The van der Waals surface area contributed by atoms with E-state index in [1.807, 2.05) is 18.3 Å². The fourth-order valence-electron chi connectivity index (χ4n) is 0.961. The van der Waals surface area contributed by atoms with Crippen molar-refractivity contribution in [3.8, 4) is 5.06 Å². The van der Waals surface area contributed by atoms with Crippen LogP contribution < -0.4 is 4.74 Å². The molecular formula is C8H7NOS. The minimum atomic E-state index is 0.938. The van der Waals surface area contributed by atoms with Crippen LogP contribution in [0.5, 0.6) is 5.06 Å². The normalized spacial score (nSPS) is 10.3. The molecule has 0 spiro atoms. The average Bonchev–Trinajstić information content (AvgIpc) is 2.46. The first-order chi connectivity index (χ1) is 5.40. The lowest BCUT2D eigenvalue weighted by molar-refractivity contribution is 0.427. The van der Waals surface area contributed by atoms with Crippen LogP contribution in [0.25, 0.3) is 10.1 Å². The van der Waals surface area contributed by atoms with Gasteiger partial charge in [-0.2, -0.15) is 0 Å². The maximum atomic E-state index is 5.09. The summed E-state index contributed by atoms with van der Waals surface area (Å²) in [5, 5.41) is 2.09. The lowest BCUT2D eigenvalue weighted by Crippen LogP contribution is -1.73. The second-order valence-electron chi connectivity index (χ2n) is 2.18. The molecule has 0 saturated carbocycles. The maximum absolute atomic E-state index is 5.09. The van der Waals surface area contributed by atoms with Crippen molar-refractivity contribution in [1.82, 2.24) is 4.98 Å². The van der Waals surface area contributed by atoms with Crippen molar-refractivity contribution in [3.05, 3.63) is 24.5 Å². The van der Waals surface area contributed by atoms with Gasteiger partial charge in [0.15, 0.2) is 5.06 Å². The molecule has 11 heavy (non-hydrogen) atoms. The van der Waals surface area contributed by atoms with Crippen molar-refractivity contribution < 1.29 is 4.74 Å². The van der Waals surface area contributed by atoms with Gasteiger partial charge in [-0.3, -0.25) is 4.98 Å². The van der Waals surface area contributed by atoms with Gasteiger partial charge < -0.3 is 4.74 Å². The highest BCUT2D eigenvalue weighted by Crippen LogP contribution is 2.30. The van der Waals surface area contributed by atoms with Crippen molar-refractivity contribution in [2.75, 3.05) is 7.11 Å². The molecule has 2 rings (SSSR count). The van der Waals surface area contributed by atoms with Gasteiger partial charge in [0.1, 0.15) is 0 Å². The Labute approximate surface area is 68.5 Å². The number of pyridine rings is 1. The Bertz CT molecular complexity index is 336. The largest absolute Gasteiger partial charge is 0.487 e. The predicted octanol–water partition coefficient (Wildman–Crippen LogP) is 2.30. The van der Waals surface area contributed by atoms with Crippen LogP contribution in [-0.4, -0.2) is 12.1 Å². The van der Waals surface area contributed by atoms with Crippen molar-refractivity contribution >= 4 is 21.4 Å². The van der Waals surface area contributed by atoms with Crippen LogP contribution in [0.1, 0.15) is 0 Å². The molecule has 0 atom stereocenters. The molecule has 2 heterocycles. The summed E-state index contributed by atoms with van der Waals surface area (Å²) < 4.78 is 6.31. The van der Waals surface area contributed by atoms with Crippen molar-refractivity contribution in [2.45, 2.75) is 0 Å². The maximum Gasteiger partial charge on any atom is 0.174 e.